The van der Waals surface area contributed by atoms with Crippen LogP contribution in [-0.2, 0) is 9.53 Å². The fourth-order valence-electron chi connectivity index (χ4n) is 2.85. The lowest BCUT2D eigenvalue weighted by Gasteiger charge is -2.10. The van der Waals surface area contributed by atoms with Crippen molar-refractivity contribution in [3.05, 3.63) is 69.0 Å². The molecule has 0 saturated heterocycles. The van der Waals surface area contributed by atoms with Crippen LogP contribution >= 0.6 is 27.3 Å². The Hall–Kier alpha value is -2.64. The molecule has 0 aliphatic heterocycles. The third-order valence-electron chi connectivity index (χ3n) is 4.51. The number of nitrogens with one attached hydrogen (secondary N) is 1. The number of hydrogen-bond acceptors (Lipinski definition) is 5. The van der Waals surface area contributed by atoms with E-state index in [1.54, 1.807) is 19.1 Å². The molecule has 30 heavy (non-hydrogen) atoms. The average Bonchev–Trinajstić information content (AvgIpc) is 3.12. The number of thiophene rings is 1. The fourth-order valence-corrected chi connectivity index (χ4v) is 4.20. The predicted octanol–water partition coefficient (Wildman–Crippen LogP) is 5.99. The Labute approximate surface area is 188 Å². The quantitative estimate of drug-likeness (QED) is 0.415. The van der Waals surface area contributed by atoms with Crippen LogP contribution in [0.3, 0.4) is 0 Å². The normalized spacial score (nSPS) is 10.5. The molecule has 7 heteroatoms. The van der Waals surface area contributed by atoms with Gasteiger partial charge in [-0.25, -0.2) is 4.79 Å². The number of carbonyl (C=O) groups is 2. The number of aryl methyl sites for hydroxylation is 2. The van der Waals surface area contributed by atoms with Crippen LogP contribution in [0.25, 0.3) is 11.1 Å². The van der Waals surface area contributed by atoms with Gasteiger partial charge in [0.15, 0.2) is 6.61 Å². The summed E-state index contributed by atoms with van der Waals surface area (Å²) in [5, 5.41) is 5.10. The van der Waals surface area contributed by atoms with Crippen molar-refractivity contribution in [2.45, 2.75) is 20.8 Å². The van der Waals surface area contributed by atoms with E-state index in [0.717, 1.165) is 21.2 Å². The van der Waals surface area contributed by atoms with Crippen LogP contribution in [0, 0.1) is 13.8 Å². The molecule has 2 aromatic carbocycles. The maximum Gasteiger partial charge on any atom is 0.341 e. The molecule has 1 amide bonds. The fraction of sp³-hybridized carbons (Fsp3) is 0.217. The molecule has 0 unspecified atom stereocenters. The monoisotopic (exact) mass is 487 g/mol. The van der Waals surface area contributed by atoms with Gasteiger partial charge in [-0.1, -0.05) is 40.2 Å². The lowest BCUT2D eigenvalue weighted by Crippen LogP contribution is -2.21. The van der Waals surface area contributed by atoms with E-state index in [1.165, 1.54) is 16.9 Å². The van der Waals surface area contributed by atoms with Gasteiger partial charge >= 0.3 is 5.97 Å². The number of halogens is 1. The SMILES string of the molecule is CCOC(=O)c1c(-c2ccc(C)c(C)c2)csc1NC(=O)COc1cccc(Br)c1. The van der Waals surface area contributed by atoms with Crippen LogP contribution in [0.15, 0.2) is 52.3 Å². The van der Waals surface area contributed by atoms with Gasteiger partial charge in [0, 0.05) is 15.4 Å². The van der Waals surface area contributed by atoms with Crippen molar-refractivity contribution in [2.75, 3.05) is 18.5 Å². The summed E-state index contributed by atoms with van der Waals surface area (Å²) in [4.78, 5) is 25.1. The van der Waals surface area contributed by atoms with Gasteiger partial charge in [-0.3, -0.25) is 4.79 Å². The van der Waals surface area contributed by atoms with Crippen molar-refractivity contribution in [1.82, 2.24) is 0 Å². The van der Waals surface area contributed by atoms with Crippen molar-refractivity contribution in [3.63, 3.8) is 0 Å². The second kappa shape index (κ2) is 9.91. The van der Waals surface area contributed by atoms with E-state index < -0.39 is 5.97 Å². The molecule has 1 aromatic heterocycles. The third-order valence-corrected chi connectivity index (χ3v) is 5.90. The molecule has 1 heterocycles. The van der Waals surface area contributed by atoms with Gasteiger partial charge in [0.05, 0.1) is 6.61 Å². The lowest BCUT2D eigenvalue weighted by atomic mass is 9.99. The zero-order valence-corrected chi connectivity index (χ0v) is 19.4. The van der Waals surface area contributed by atoms with Crippen molar-refractivity contribution >= 4 is 44.1 Å². The molecule has 3 aromatic rings. The minimum Gasteiger partial charge on any atom is -0.484 e. The first-order valence-electron chi connectivity index (χ1n) is 9.43. The number of benzene rings is 2. The summed E-state index contributed by atoms with van der Waals surface area (Å²) < 4.78 is 11.6. The Kier molecular flexibility index (Phi) is 7.29. The summed E-state index contributed by atoms with van der Waals surface area (Å²) in [7, 11) is 0. The summed E-state index contributed by atoms with van der Waals surface area (Å²) >= 11 is 4.66. The summed E-state index contributed by atoms with van der Waals surface area (Å²) in [6.45, 7) is 5.90. The number of anilines is 1. The van der Waals surface area contributed by atoms with E-state index in [1.807, 2.05) is 49.6 Å². The van der Waals surface area contributed by atoms with Gasteiger partial charge in [0.25, 0.3) is 5.91 Å². The van der Waals surface area contributed by atoms with E-state index >= 15 is 0 Å². The molecule has 0 atom stereocenters. The smallest absolute Gasteiger partial charge is 0.341 e. The van der Waals surface area contributed by atoms with Gasteiger partial charge in [-0.15, -0.1) is 11.3 Å². The Morgan fingerprint density at radius 2 is 1.90 bits per heavy atom. The van der Waals surface area contributed by atoms with Crippen molar-refractivity contribution in [2.24, 2.45) is 0 Å². The Bertz CT molecular complexity index is 1080. The zero-order valence-electron chi connectivity index (χ0n) is 17.0. The molecule has 3 rings (SSSR count). The van der Waals surface area contributed by atoms with E-state index in [0.29, 0.717) is 16.3 Å². The molecule has 0 aliphatic carbocycles. The molecule has 156 valence electrons. The van der Waals surface area contributed by atoms with Crippen LogP contribution in [0.1, 0.15) is 28.4 Å². The zero-order chi connectivity index (χ0) is 21.7. The highest BCUT2D eigenvalue weighted by molar-refractivity contribution is 9.10. The Morgan fingerprint density at radius 3 is 2.60 bits per heavy atom. The maximum absolute atomic E-state index is 12.7. The topological polar surface area (TPSA) is 64.6 Å². The minimum atomic E-state index is -0.463. The number of carbonyl (C=O) groups excluding carboxylic acids is 2. The Balaban J connectivity index is 1.83. The van der Waals surface area contributed by atoms with Crippen molar-refractivity contribution < 1.29 is 19.1 Å². The third kappa shape index (κ3) is 5.29. The number of hydrogen-bond donors (Lipinski definition) is 1. The van der Waals surface area contributed by atoms with E-state index in [9.17, 15) is 9.59 Å². The number of rotatable bonds is 7. The second-order valence-electron chi connectivity index (χ2n) is 6.67. The summed E-state index contributed by atoms with van der Waals surface area (Å²) in [6, 6.07) is 13.3. The van der Waals surface area contributed by atoms with E-state index in [4.69, 9.17) is 9.47 Å². The van der Waals surface area contributed by atoms with Gasteiger partial charge in [-0.05, 0) is 55.7 Å². The molecular formula is C23H22BrNO4S. The van der Waals surface area contributed by atoms with Crippen LogP contribution < -0.4 is 10.1 Å². The molecule has 0 spiro atoms. The standard InChI is InChI=1S/C23H22BrNO4S/c1-4-28-23(27)21-19(16-9-8-14(2)15(3)10-16)13-30-22(21)25-20(26)12-29-18-7-5-6-17(24)11-18/h5-11,13H,4,12H2,1-3H3,(H,25,26). The number of ether oxygens (including phenoxy) is 2. The summed E-state index contributed by atoms with van der Waals surface area (Å²) in [5.41, 5.74) is 4.31. The first-order chi connectivity index (χ1) is 14.4. The highest BCUT2D eigenvalue weighted by Crippen LogP contribution is 2.37. The number of amides is 1. The van der Waals surface area contributed by atoms with Crippen molar-refractivity contribution in [1.29, 1.82) is 0 Å². The highest BCUT2D eigenvalue weighted by Gasteiger charge is 2.23. The van der Waals surface area contributed by atoms with Gasteiger partial charge < -0.3 is 14.8 Å². The number of esters is 1. The lowest BCUT2D eigenvalue weighted by molar-refractivity contribution is -0.118. The molecular weight excluding hydrogens is 466 g/mol. The van der Waals surface area contributed by atoms with Crippen LogP contribution in [0.2, 0.25) is 0 Å². The summed E-state index contributed by atoms with van der Waals surface area (Å²) in [6.07, 6.45) is 0. The molecule has 0 radical (unpaired) electrons. The molecule has 0 aliphatic rings. The van der Waals surface area contributed by atoms with Crippen LogP contribution in [-0.4, -0.2) is 25.1 Å². The first-order valence-corrected chi connectivity index (χ1v) is 11.1. The Morgan fingerprint density at radius 1 is 1.10 bits per heavy atom. The summed E-state index contributed by atoms with van der Waals surface area (Å²) in [5.74, 6) is -0.240. The first kappa shape index (κ1) is 22.1. The predicted molar refractivity (Wildman–Crippen MR) is 123 cm³/mol. The molecule has 0 fully saturated rings. The largest absolute Gasteiger partial charge is 0.484 e. The molecule has 1 N–H and O–H groups in total. The van der Waals surface area contributed by atoms with E-state index in [-0.39, 0.29) is 19.1 Å². The average molecular weight is 488 g/mol. The van der Waals surface area contributed by atoms with E-state index in [2.05, 4.69) is 21.2 Å². The van der Waals surface area contributed by atoms with Crippen LogP contribution in [0.5, 0.6) is 5.75 Å². The van der Waals surface area contributed by atoms with Gasteiger partial charge in [0.2, 0.25) is 0 Å². The van der Waals surface area contributed by atoms with Crippen LogP contribution in [0.4, 0.5) is 5.00 Å². The maximum atomic E-state index is 12.7. The van der Waals surface area contributed by atoms with Gasteiger partial charge in [-0.2, -0.15) is 0 Å². The van der Waals surface area contributed by atoms with Crippen molar-refractivity contribution in [3.8, 4) is 16.9 Å². The molecule has 0 saturated carbocycles. The molecule has 5 nitrogen and oxygen atoms in total. The van der Waals surface area contributed by atoms with Gasteiger partial charge in [0.1, 0.15) is 16.3 Å². The highest BCUT2D eigenvalue weighted by atomic mass is 79.9. The molecule has 0 bridgehead atoms. The second-order valence-corrected chi connectivity index (χ2v) is 8.46. The minimum absolute atomic E-state index is 0.171.